The molecule has 0 atom stereocenters. The van der Waals surface area contributed by atoms with Gasteiger partial charge in [-0.25, -0.2) is 0 Å². The highest BCUT2D eigenvalue weighted by Gasteiger charge is 2.26. The summed E-state index contributed by atoms with van der Waals surface area (Å²) < 4.78 is 5.96. The first-order chi connectivity index (χ1) is 13.2. The Kier molecular flexibility index (Phi) is 5.10. The highest BCUT2D eigenvalue weighted by molar-refractivity contribution is 6.30. The number of hydrogen-bond donors (Lipinski definition) is 1. The van der Waals surface area contributed by atoms with Gasteiger partial charge in [-0.3, -0.25) is 0 Å². The maximum Gasteiger partial charge on any atom is 0.235 e. The molecule has 6 heteroatoms. The first kappa shape index (κ1) is 17.6. The van der Waals surface area contributed by atoms with Crippen LogP contribution in [-0.4, -0.2) is 31.2 Å². The molecule has 2 heterocycles. The van der Waals surface area contributed by atoms with Gasteiger partial charge in [0, 0.05) is 16.1 Å². The Morgan fingerprint density at radius 2 is 1.78 bits per heavy atom. The van der Waals surface area contributed by atoms with E-state index in [1.807, 2.05) is 18.2 Å². The average Bonchev–Trinajstić information content (AvgIpc) is 3.14. The second-order valence-electron chi connectivity index (χ2n) is 6.69. The third-order valence-electron chi connectivity index (χ3n) is 4.86. The zero-order chi connectivity index (χ0) is 18.6. The van der Waals surface area contributed by atoms with E-state index in [0.29, 0.717) is 22.5 Å². The first-order valence-electron chi connectivity index (χ1n) is 9.02. The van der Waals surface area contributed by atoms with Gasteiger partial charge in [0.25, 0.3) is 0 Å². The van der Waals surface area contributed by atoms with Crippen molar-refractivity contribution in [3.05, 3.63) is 70.9 Å². The van der Waals surface area contributed by atoms with Crippen molar-refractivity contribution in [2.75, 3.05) is 31.1 Å². The second-order valence-corrected chi connectivity index (χ2v) is 7.13. The van der Waals surface area contributed by atoms with Gasteiger partial charge in [-0.15, -0.1) is 0 Å². The number of halogens is 1. The highest BCUT2D eigenvalue weighted by atomic mass is 35.5. The van der Waals surface area contributed by atoms with Gasteiger partial charge in [0.1, 0.15) is 12.6 Å². The van der Waals surface area contributed by atoms with Gasteiger partial charge in [0.2, 0.25) is 17.5 Å². The number of nitrogens with zero attached hydrogens (tertiary/aromatic N) is 3. The topological polar surface area (TPSA) is 57.5 Å². The lowest BCUT2D eigenvalue weighted by Gasteiger charge is -2.31. The Morgan fingerprint density at radius 3 is 2.44 bits per heavy atom. The molecule has 0 saturated carbocycles. The minimum atomic E-state index is 0.339. The van der Waals surface area contributed by atoms with Crippen LogP contribution in [0.25, 0.3) is 11.5 Å². The molecule has 0 bridgehead atoms. The summed E-state index contributed by atoms with van der Waals surface area (Å²) in [5, 5.41) is 10.1. The van der Waals surface area contributed by atoms with Gasteiger partial charge >= 0.3 is 0 Å². The third kappa shape index (κ3) is 3.97. The standard InChI is InChI=1S/C21H19ClN4O/c22-18-8-6-17(7-9-18)20-24-19(14-23)21(27-20)26-12-10-25(11-13-26)15-16-4-2-1-3-5-16/h1-9H,10-13,15H2/p+1. The smallest absolute Gasteiger partial charge is 0.235 e. The lowest BCUT2D eigenvalue weighted by atomic mass is 10.2. The summed E-state index contributed by atoms with van der Waals surface area (Å²) in [5.74, 6) is 1.03. The normalized spacial score (nSPS) is 14.9. The van der Waals surface area contributed by atoms with Crippen molar-refractivity contribution in [2.45, 2.75) is 6.54 Å². The van der Waals surface area contributed by atoms with E-state index in [0.717, 1.165) is 38.3 Å². The van der Waals surface area contributed by atoms with Crippen molar-refractivity contribution in [3.8, 4) is 17.5 Å². The largest absolute Gasteiger partial charge is 0.419 e. The molecular weight excluding hydrogens is 360 g/mol. The van der Waals surface area contributed by atoms with Crippen LogP contribution in [0.1, 0.15) is 11.3 Å². The molecule has 2 aromatic carbocycles. The summed E-state index contributed by atoms with van der Waals surface area (Å²) in [6.07, 6.45) is 0. The van der Waals surface area contributed by atoms with Crippen LogP contribution >= 0.6 is 11.6 Å². The molecule has 1 N–H and O–H groups in total. The maximum absolute atomic E-state index is 9.47. The van der Waals surface area contributed by atoms with E-state index in [4.69, 9.17) is 16.0 Å². The van der Waals surface area contributed by atoms with Gasteiger partial charge < -0.3 is 14.2 Å². The highest BCUT2D eigenvalue weighted by Crippen LogP contribution is 2.28. The molecule has 1 aromatic heterocycles. The number of anilines is 1. The molecule has 1 aliphatic rings. The number of nitriles is 1. The molecule has 1 saturated heterocycles. The van der Waals surface area contributed by atoms with Crippen LogP contribution in [0.4, 0.5) is 5.88 Å². The Balaban J connectivity index is 1.46. The number of hydrogen-bond acceptors (Lipinski definition) is 4. The minimum absolute atomic E-state index is 0.339. The van der Waals surface area contributed by atoms with Crippen LogP contribution in [-0.2, 0) is 6.54 Å². The van der Waals surface area contributed by atoms with Crippen LogP contribution in [0.3, 0.4) is 0 Å². The van der Waals surface area contributed by atoms with Crippen LogP contribution in [0.5, 0.6) is 0 Å². The Labute approximate surface area is 163 Å². The van der Waals surface area contributed by atoms with Gasteiger partial charge in [-0.05, 0) is 24.3 Å². The molecular formula is C21H20ClN4O+. The lowest BCUT2D eigenvalue weighted by Crippen LogP contribution is -3.13. The van der Waals surface area contributed by atoms with Crippen molar-refractivity contribution in [3.63, 3.8) is 0 Å². The monoisotopic (exact) mass is 379 g/mol. The zero-order valence-corrected chi connectivity index (χ0v) is 15.6. The number of piperazine rings is 1. The molecule has 3 aromatic rings. The molecule has 0 amide bonds. The van der Waals surface area contributed by atoms with E-state index in [1.165, 1.54) is 10.5 Å². The van der Waals surface area contributed by atoms with E-state index in [-0.39, 0.29) is 0 Å². The fourth-order valence-corrected chi connectivity index (χ4v) is 3.53. The first-order valence-corrected chi connectivity index (χ1v) is 9.40. The molecule has 4 rings (SSSR count). The molecule has 1 fully saturated rings. The number of rotatable bonds is 4. The van der Waals surface area contributed by atoms with E-state index in [1.54, 1.807) is 12.1 Å². The number of quaternary nitrogens is 1. The molecule has 0 unspecified atom stereocenters. The summed E-state index contributed by atoms with van der Waals surface area (Å²) in [7, 11) is 0. The number of aromatic nitrogens is 1. The van der Waals surface area contributed by atoms with Crippen LogP contribution in [0.2, 0.25) is 5.02 Å². The van der Waals surface area contributed by atoms with E-state index in [2.05, 4.69) is 40.2 Å². The Hall–Kier alpha value is -2.81. The lowest BCUT2D eigenvalue weighted by molar-refractivity contribution is -0.914. The second kappa shape index (κ2) is 7.83. The molecule has 0 aliphatic carbocycles. The molecule has 27 heavy (non-hydrogen) atoms. The van der Waals surface area contributed by atoms with Crippen LogP contribution in [0.15, 0.2) is 59.0 Å². The summed E-state index contributed by atoms with van der Waals surface area (Å²) in [6.45, 7) is 4.69. The predicted octanol–water partition coefficient (Wildman–Crippen LogP) is 2.77. The van der Waals surface area contributed by atoms with Crippen molar-refractivity contribution >= 4 is 17.5 Å². The van der Waals surface area contributed by atoms with E-state index >= 15 is 0 Å². The third-order valence-corrected chi connectivity index (χ3v) is 5.11. The van der Waals surface area contributed by atoms with Gasteiger partial charge in [-0.2, -0.15) is 10.2 Å². The molecule has 1 aliphatic heterocycles. The minimum Gasteiger partial charge on any atom is -0.419 e. The zero-order valence-electron chi connectivity index (χ0n) is 14.9. The van der Waals surface area contributed by atoms with E-state index in [9.17, 15) is 5.26 Å². The summed E-state index contributed by atoms with van der Waals surface area (Å²) >= 11 is 5.94. The van der Waals surface area contributed by atoms with Crippen molar-refractivity contribution < 1.29 is 9.32 Å². The average molecular weight is 380 g/mol. The molecule has 0 radical (unpaired) electrons. The Morgan fingerprint density at radius 1 is 1.07 bits per heavy atom. The van der Waals surface area contributed by atoms with Gasteiger partial charge in [-0.1, -0.05) is 41.9 Å². The van der Waals surface area contributed by atoms with E-state index < -0.39 is 0 Å². The maximum atomic E-state index is 9.47. The van der Waals surface area contributed by atoms with Gasteiger partial charge in [0.15, 0.2) is 0 Å². The molecule has 136 valence electrons. The summed E-state index contributed by atoms with van der Waals surface area (Å²) in [5.41, 5.74) is 2.50. The fourth-order valence-electron chi connectivity index (χ4n) is 3.40. The fraction of sp³-hybridized carbons (Fsp3) is 0.238. The van der Waals surface area contributed by atoms with Crippen molar-refractivity contribution in [2.24, 2.45) is 0 Å². The summed E-state index contributed by atoms with van der Waals surface area (Å²) in [4.78, 5) is 8.03. The SMILES string of the molecule is N#Cc1nc(-c2ccc(Cl)cc2)oc1N1CC[NH+](Cc2ccccc2)CC1. The predicted molar refractivity (Wildman–Crippen MR) is 105 cm³/mol. The van der Waals surface area contributed by atoms with Gasteiger partial charge in [0.05, 0.1) is 26.2 Å². The molecule has 5 nitrogen and oxygen atoms in total. The van der Waals surface area contributed by atoms with Crippen LogP contribution in [0, 0.1) is 11.3 Å². The number of nitrogens with one attached hydrogen (secondary N) is 1. The molecule has 0 spiro atoms. The van der Waals surface area contributed by atoms with Crippen molar-refractivity contribution in [1.29, 1.82) is 5.26 Å². The quantitative estimate of drug-likeness (QED) is 0.757. The Bertz CT molecular complexity index is 939. The number of oxazole rings is 1. The van der Waals surface area contributed by atoms with Crippen LogP contribution < -0.4 is 9.80 Å². The summed E-state index contributed by atoms with van der Waals surface area (Å²) in [6, 6.07) is 20.0. The number of benzene rings is 2. The van der Waals surface area contributed by atoms with Crippen molar-refractivity contribution in [1.82, 2.24) is 4.98 Å².